The Bertz CT molecular complexity index is 328. The largest absolute Gasteiger partial charge is 0.450 e. The topological polar surface area (TPSA) is 71.5 Å². The van der Waals surface area contributed by atoms with Gasteiger partial charge >= 0.3 is 6.09 Å². The molecule has 0 saturated carbocycles. The number of carbonyl (C=O) groups is 1. The first-order chi connectivity index (χ1) is 10.7. The standard InChI is InChI=1S/C15H28N2O5/c1-2-21-15(19)17-7-5-16(6-8-17)10-13(18)11-20-12-14-4-3-9-22-14/h13-14,18H,2-12H2,1H3/t13-,14-/m0/s1. The van der Waals surface area contributed by atoms with Crippen molar-refractivity contribution in [2.75, 3.05) is 59.2 Å². The van der Waals surface area contributed by atoms with E-state index in [2.05, 4.69) is 4.90 Å². The van der Waals surface area contributed by atoms with Crippen LogP contribution in [0.15, 0.2) is 0 Å². The molecule has 2 saturated heterocycles. The molecule has 22 heavy (non-hydrogen) atoms. The summed E-state index contributed by atoms with van der Waals surface area (Å²) >= 11 is 0. The summed E-state index contributed by atoms with van der Waals surface area (Å²) in [6.45, 7) is 7.28. The second-order valence-corrected chi connectivity index (χ2v) is 5.81. The van der Waals surface area contributed by atoms with Crippen molar-refractivity contribution in [3.8, 4) is 0 Å². The van der Waals surface area contributed by atoms with Gasteiger partial charge in [-0.2, -0.15) is 0 Å². The predicted octanol–water partition coefficient (Wildman–Crippen LogP) is 0.317. The molecule has 0 aliphatic carbocycles. The van der Waals surface area contributed by atoms with Gasteiger partial charge in [-0.15, -0.1) is 0 Å². The fraction of sp³-hybridized carbons (Fsp3) is 0.933. The highest BCUT2D eigenvalue weighted by Gasteiger charge is 2.23. The van der Waals surface area contributed by atoms with Crippen LogP contribution in [0.3, 0.4) is 0 Å². The van der Waals surface area contributed by atoms with Gasteiger partial charge in [0.2, 0.25) is 0 Å². The van der Waals surface area contributed by atoms with Gasteiger partial charge in [-0.25, -0.2) is 4.79 Å². The average Bonchev–Trinajstić information content (AvgIpc) is 3.01. The Morgan fingerprint density at radius 3 is 2.77 bits per heavy atom. The maximum atomic E-state index is 11.6. The smallest absolute Gasteiger partial charge is 0.409 e. The molecule has 2 rings (SSSR count). The number of ether oxygens (including phenoxy) is 3. The molecule has 7 nitrogen and oxygen atoms in total. The van der Waals surface area contributed by atoms with Crippen LogP contribution in [0, 0.1) is 0 Å². The summed E-state index contributed by atoms with van der Waals surface area (Å²) < 4.78 is 16.0. The van der Waals surface area contributed by atoms with Crippen LogP contribution < -0.4 is 0 Å². The van der Waals surface area contributed by atoms with Crippen LogP contribution >= 0.6 is 0 Å². The van der Waals surface area contributed by atoms with E-state index in [1.807, 2.05) is 0 Å². The van der Waals surface area contributed by atoms with Gasteiger partial charge in [0.25, 0.3) is 0 Å². The molecule has 0 aromatic carbocycles. The van der Waals surface area contributed by atoms with Crippen molar-refractivity contribution in [2.45, 2.75) is 32.0 Å². The number of carbonyl (C=O) groups excluding carboxylic acids is 1. The number of piperazine rings is 1. The van der Waals surface area contributed by atoms with Crippen LogP contribution in [-0.2, 0) is 14.2 Å². The van der Waals surface area contributed by atoms with E-state index in [1.54, 1.807) is 11.8 Å². The Morgan fingerprint density at radius 2 is 2.14 bits per heavy atom. The molecule has 2 aliphatic heterocycles. The van der Waals surface area contributed by atoms with Gasteiger partial charge in [0, 0.05) is 39.3 Å². The average molecular weight is 316 g/mol. The van der Waals surface area contributed by atoms with E-state index in [-0.39, 0.29) is 12.2 Å². The van der Waals surface area contributed by atoms with E-state index in [1.165, 1.54) is 0 Å². The first kappa shape index (κ1) is 17.5. The summed E-state index contributed by atoms with van der Waals surface area (Å²) in [7, 11) is 0. The molecule has 2 aliphatic rings. The lowest BCUT2D eigenvalue weighted by Gasteiger charge is -2.34. The molecule has 0 aromatic rings. The second kappa shape index (κ2) is 9.29. The van der Waals surface area contributed by atoms with Crippen LogP contribution in [-0.4, -0.2) is 92.4 Å². The molecule has 2 atom stereocenters. The molecule has 1 amide bonds. The third-order valence-electron chi connectivity index (χ3n) is 4.01. The quantitative estimate of drug-likeness (QED) is 0.729. The van der Waals surface area contributed by atoms with Crippen LogP contribution in [0.2, 0.25) is 0 Å². The van der Waals surface area contributed by atoms with Crippen molar-refractivity contribution in [3.63, 3.8) is 0 Å². The Kier molecular flexibility index (Phi) is 7.38. The van der Waals surface area contributed by atoms with Gasteiger partial charge < -0.3 is 24.2 Å². The van der Waals surface area contributed by atoms with E-state index in [4.69, 9.17) is 14.2 Å². The van der Waals surface area contributed by atoms with E-state index in [0.29, 0.717) is 39.5 Å². The van der Waals surface area contributed by atoms with E-state index in [0.717, 1.165) is 32.5 Å². The number of rotatable bonds is 7. The molecule has 1 N–H and O–H groups in total. The van der Waals surface area contributed by atoms with E-state index < -0.39 is 6.10 Å². The molecular weight excluding hydrogens is 288 g/mol. The minimum absolute atomic E-state index is 0.195. The van der Waals surface area contributed by atoms with Gasteiger partial charge in [-0.05, 0) is 19.8 Å². The summed E-state index contributed by atoms with van der Waals surface area (Å²) in [6, 6.07) is 0. The predicted molar refractivity (Wildman–Crippen MR) is 80.8 cm³/mol. The van der Waals surface area contributed by atoms with Gasteiger partial charge in [0.05, 0.1) is 32.0 Å². The second-order valence-electron chi connectivity index (χ2n) is 5.81. The van der Waals surface area contributed by atoms with Crippen molar-refractivity contribution in [3.05, 3.63) is 0 Å². The van der Waals surface area contributed by atoms with Crippen molar-refractivity contribution in [2.24, 2.45) is 0 Å². The van der Waals surface area contributed by atoms with Gasteiger partial charge in [-0.1, -0.05) is 0 Å². The Balaban J connectivity index is 1.55. The molecule has 0 unspecified atom stereocenters. The van der Waals surface area contributed by atoms with Crippen LogP contribution in [0.25, 0.3) is 0 Å². The lowest BCUT2D eigenvalue weighted by atomic mass is 10.2. The van der Waals surface area contributed by atoms with Gasteiger partial charge in [0.15, 0.2) is 0 Å². The third-order valence-corrected chi connectivity index (χ3v) is 4.01. The molecule has 0 aromatic heterocycles. The zero-order chi connectivity index (χ0) is 15.8. The number of hydrogen-bond donors (Lipinski definition) is 1. The fourth-order valence-corrected chi connectivity index (χ4v) is 2.79. The molecule has 0 radical (unpaired) electrons. The first-order valence-corrected chi connectivity index (χ1v) is 8.20. The monoisotopic (exact) mass is 316 g/mol. The summed E-state index contributed by atoms with van der Waals surface area (Å²) in [5, 5.41) is 10.0. The molecular formula is C15H28N2O5. The van der Waals surface area contributed by atoms with Crippen LogP contribution in [0.4, 0.5) is 4.79 Å². The number of aliphatic hydroxyl groups excluding tert-OH is 1. The SMILES string of the molecule is CCOC(=O)N1CCN(C[C@H](O)COC[C@@H]2CCCO2)CC1. The zero-order valence-electron chi connectivity index (χ0n) is 13.4. The maximum absolute atomic E-state index is 11.6. The molecule has 0 bridgehead atoms. The van der Waals surface area contributed by atoms with Crippen molar-refractivity contribution in [1.82, 2.24) is 9.80 Å². The summed E-state index contributed by atoms with van der Waals surface area (Å²) in [5.41, 5.74) is 0. The van der Waals surface area contributed by atoms with Crippen molar-refractivity contribution in [1.29, 1.82) is 0 Å². The van der Waals surface area contributed by atoms with Gasteiger partial charge in [-0.3, -0.25) is 4.90 Å². The van der Waals surface area contributed by atoms with E-state index in [9.17, 15) is 9.90 Å². The highest BCUT2D eigenvalue weighted by Crippen LogP contribution is 2.12. The first-order valence-electron chi connectivity index (χ1n) is 8.20. The molecule has 0 spiro atoms. The summed E-state index contributed by atoms with van der Waals surface area (Å²) in [4.78, 5) is 15.5. The third kappa shape index (κ3) is 5.72. The maximum Gasteiger partial charge on any atom is 0.409 e. The highest BCUT2D eigenvalue weighted by molar-refractivity contribution is 5.67. The number of β-amino-alcohol motifs (C(OH)–C–C–N with tert-alkyl or cyclic N) is 1. The van der Waals surface area contributed by atoms with Crippen molar-refractivity contribution >= 4 is 6.09 Å². The Morgan fingerprint density at radius 1 is 1.36 bits per heavy atom. The minimum atomic E-state index is -0.504. The zero-order valence-corrected chi connectivity index (χ0v) is 13.4. The molecule has 7 heteroatoms. The number of aliphatic hydroxyl groups is 1. The number of amides is 1. The molecule has 2 heterocycles. The van der Waals surface area contributed by atoms with E-state index >= 15 is 0 Å². The molecule has 2 fully saturated rings. The lowest BCUT2D eigenvalue weighted by Crippen LogP contribution is -2.51. The lowest BCUT2D eigenvalue weighted by molar-refractivity contribution is -0.0283. The normalized spacial score (nSPS) is 24.5. The number of hydrogen-bond acceptors (Lipinski definition) is 6. The Labute approximate surface area is 132 Å². The summed E-state index contributed by atoms with van der Waals surface area (Å²) in [5.74, 6) is 0. The van der Waals surface area contributed by atoms with Gasteiger partial charge in [0.1, 0.15) is 0 Å². The van der Waals surface area contributed by atoms with Crippen LogP contribution in [0.1, 0.15) is 19.8 Å². The fourth-order valence-electron chi connectivity index (χ4n) is 2.79. The number of nitrogens with zero attached hydrogens (tertiary/aromatic N) is 2. The highest BCUT2D eigenvalue weighted by atomic mass is 16.6. The minimum Gasteiger partial charge on any atom is -0.450 e. The molecule has 128 valence electrons. The van der Waals surface area contributed by atoms with Crippen molar-refractivity contribution < 1.29 is 24.1 Å². The summed E-state index contributed by atoms with van der Waals surface area (Å²) in [6.07, 6.45) is 1.59. The van der Waals surface area contributed by atoms with Crippen LogP contribution in [0.5, 0.6) is 0 Å². The Hall–Kier alpha value is -0.890.